The molecule has 0 aliphatic heterocycles. The Morgan fingerprint density at radius 3 is 2.60 bits per heavy atom. The molecule has 6 nitrogen and oxygen atoms in total. The molecule has 1 aromatic heterocycles. The van der Waals surface area contributed by atoms with Gasteiger partial charge in [-0.2, -0.15) is 0 Å². The molecule has 0 amide bonds. The van der Waals surface area contributed by atoms with Gasteiger partial charge in [-0.25, -0.2) is 4.79 Å². The maximum Gasteiger partial charge on any atom is 0.542 e. The topological polar surface area (TPSA) is 82.5 Å². The number of methoxy groups -OCH3 is 1. The summed E-state index contributed by atoms with van der Waals surface area (Å²) in [6, 6.07) is 0. The Morgan fingerprint density at radius 1 is 1.47 bits per heavy atom. The van der Waals surface area contributed by atoms with E-state index >= 15 is 0 Å². The first-order valence-corrected chi connectivity index (χ1v) is 4.66. The fourth-order valence-electron chi connectivity index (χ4n) is 2.85. The number of nitrogens with zero attached hydrogens (tertiary/aromatic N) is 1. The average molecular weight is 211 g/mol. The van der Waals surface area contributed by atoms with E-state index in [0.717, 1.165) is 0 Å². The minimum atomic E-state index is -0.790. The van der Waals surface area contributed by atoms with E-state index in [1.54, 1.807) is 0 Å². The monoisotopic (exact) mass is 211 g/mol. The number of hydrogen-bond donors (Lipinski definition) is 0. The van der Waals surface area contributed by atoms with Gasteiger partial charge >= 0.3 is 11.8 Å². The van der Waals surface area contributed by atoms with Gasteiger partial charge in [-0.3, -0.25) is 9.32 Å². The van der Waals surface area contributed by atoms with Crippen LogP contribution in [-0.4, -0.2) is 18.2 Å². The molecule has 0 spiro atoms. The first kappa shape index (κ1) is 8.70. The van der Waals surface area contributed by atoms with Crippen molar-refractivity contribution in [3.63, 3.8) is 0 Å². The summed E-state index contributed by atoms with van der Waals surface area (Å²) in [7, 11) is 1.38. The fourth-order valence-corrected chi connectivity index (χ4v) is 2.85. The highest BCUT2D eigenvalue weighted by atomic mass is 16.6. The standard InChI is InChI=1S/C9H9NO5/c1-13-6(11)9-2-8(3-9,4-9)5-10-15-7(12)14-5/h2-4H2,1H3. The van der Waals surface area contributed by atoms with Crippen LogP contribution in [0.3, 0.4) is 0 Å². The Balaban J connectivity index is 1.81. The van der Waals surface area contributed by atoms with Crippen molar-refractivity contribution in [2.45, 2.75) is 24.7 Å². The van der Waals surface area contributed by atoms with Crippen molar-refractivity contribution in [1.82, 2.24) is 5.16 Å². The zero-order valence-electron chi connectivity index (χ0n) is 8.11. The molecule has 0 aromatic carbocycles. The first-order chi connectivity index (χ1) is 7.10. The summed E-state index contributed by atoms with van der Waals surface area (Å²) in [5.41, 5.74) is -0.605. The minimum Gasteiger partial charge on any atom is -0.469 e. The Bertz CT molecular complexity index is 465. The highest BCUT2D eigenvalue weighted by Crippen LogP contribution is 2.73. The third-order valence-corrected chi connectivity index (χ3v) is 3.49. The molecule has 3 aliphatic rings. The first-order valence-electron chi connectivity index (χ1n) is 4.66. The van der Waals surface area contributed by atoms with E-state index < -0.39 is 5.82 Å². The average Bonchev–Trinajstić information content (AvgIpc) is 2.47. The predicted molar refractivity (Wildman–Crippen MR) is 45.0 cm³/mol. The predicted octanol–water partition coefficient (Wildman–Crippen LogP) is 0.223. The van der Waals surface area contributed by atoms with Gasteiger partial charge < -0.3 is 9.15 Å². The van der Waals surface area contributed by atoms with Crippen LogP contribution in [0.25, 0.3) is 0 Å². The second-order valence-electron chi connectivity index (χ2n) is 4.42. The van der Waals surface area contributed by atoms with Crippen molar-refractivity contribution in [2.24, 2.45) is 5.41 Å². The molecule has 1 aromatic rings. The van der Waals surface area contributed by atoms with Crippen LogP contribution in [0.15, 0.2) is 13.7 Å². The number of ether oxygens (including phenoxy) is 1. The summed E-state index contributed by atoms with van der Waals surface area (Å²) >= 11 is 0. The summed E-state index contributed by atoms with van der Waals surface area (Å²) in [4.78, 5) is 22.1. The maximum atomic E-state index is 11.4. The lowest BCUT2D eigenvalue weighted by atomic mass is 9.35. The van der Waals surface area contributed by atoms with E-state index in [2.05, 4.69) is 9.68 Å². The van der Waals surface area contributed by atoms with Crippen LogP contribution in [0.1, 0.15) is 25.2 Å². The van der Waals surface area contributed by atoms with Crippen LogP contribution < -0.4 is 5.82 Å². The van der Waals surface area contributed by atoms with Gasteiger partial charge in [0.2, 0.25) is 5.89 Å². The molecule has 0 saturated heterocycles. The molecule has 15 heavy (non-hydrogen) atoms. The van der Waals surface area contributed by atoms with Gasteiger partial charge in [0.1, 0.15) is 0 Å². The number of carbonyl (C=O) groups is 1. The molecular formula is C9H9NO5. The van der Waals surface area contributed by atoms with Crippen LogP contribution in [-0.2, 0) is 14.9 Å². The van der Waals surface area contributed by atoms with Crippen molar-refractivity contribution < 1.29 is 18.5 Å². The van der Waals surface area contributed by atoms with Crippen LogP contribution in [0.2, 0.25) is 0 Å². The molecule has 3 aliphatic carbocycles. The smallest absolute Gasteiger partial charge is 0.469 e. The molecule has 6 heteroatoms. The van der Waals surface area contributed by atoms with Gasteiger partial charge in [-0.15, -0.1) is 0 Å². The highest BCUT2D eigenvalue weighted by molar-refractivity contribution is 5.82. The lowest BCUT2D eigenvalue weighted by Crippen LogP contribution is -2.68. The van der Waals surface area contributed by atoms with E-state index in [0.29, 0.717) is 25.2 Å². The van der Waals surface area contributed by atoms with E-state index in [1.165, 1.54) is 7.11 Å². The number of hydrogen-bond acceptors (Lipinski definition) is 6. The second-order valence-corrected chi connectivity index (χ2v) is 4.42. The van der Waals surface area contributed by atoms with E-state index in [4.69, 9.17) is 9.15 Å². The number of rotatable bonds is 2. The number of carbonyl (C=O) groups excluding carboxylic acids is 1. The molecule has 80 valence electrons. The SMILES string of the molecule is COC(=O)C12CC(c3noc(=O)o3)(C1)C2. The van der Waals surface area contributed by atoms with Crippen LogP contribution in [0.4, 0.5) is 0 Å². The highest BCUT2D eigenvalue weighted by Gasteiger charge is 2.75. The van der Waals surface area contributed by atoms with Crippen molar-refractivity contribution in [2.75, 3.05) is 7.11 Å². The van der Waals surface area contributed by atoms with Crippen LogP contribution in [0.5, 0.6) is 0 Å². The zero-order chi connectivity index (χ0) is 10.7. The normalized spacial score (nSPS) is 36.6. The summed E-state index contributed by atoms with van der Waals surface area (Å²) in [5.74, 6) is -0.657. The molecule has 1 heterocycles. The Hall–Kier alpha value is -1.59. The van der Waals surface area contributed by atoms with E-state index in [-0.39, 0.29) is 16.8 Å². The minimum absolute atomic E-state index is 0.185. The van der Waals surface area contributed by atoms with Gasteiger partial charge in [-0.05, 0) is 24.4 Å². The van der Waals surface area contributed by atoms with Gasteiger partial charge in [0.15, 0.2) is 0 Å². The number of aromatic nitrogens is 1. The molecule has 0 N–H and O–H groups in total. The van der Waals surface area contributed by atoms with Gasteiger partial charge in [0.25, 0.3) is 0 Å². The van der Waals surface area contributed by atoms with Crippen molar-refractivity contribution in [3.05, 3.63) is 16.5 Å². The molecule has 0 atom stereocenters. The third-order valence-electron chi connectivity index (χ3n) is 3.49. The molecule has 3 fully saturated rings. The summed E-state index contributed by atoms with van der Waals surface area (Å²) < 4.78 is 13.8. The molecule has 3 saturated carbocycles. The Morgan fingerprint density at radius 2 is 2.13 bits per heavy atom. The van der Waals surface area contributed by atoms with Crippen LogP contribution >= 0.6 is 0 Å². The lowest BCUT2D eigenvalue weighted by molar-refractivity contribution is -0.202. The Labute approximate surface area is 84.2 Å². The molecule has 2 bridgehead atoms. The fraction of sp³-hybridized carbons (Fsp3) is 0.667. The van der Waals surface area contributed by atoms with Crippen LogP contribution in [0, 0.1) is 5.41 Å². The second kappa shape index (κ2) is 2.32. The van der Waals surface area contributed by atoms with E-state index in [9.17, 15) is 9.59 Å². The van der Waals surface area contributed by atoms with Gasteiger partial charge in [0, 0.05) is 0 Å². The quantitative estimate of drug-likeness (QED) is 0.651. The van der Waals surface area contributed by atoms with Crippen molar-refractivity contribution in [3.8, 4) is 0 Å². The molecule has 0 unspecified atom stereocenters. The summed E-state index contributed by atoms with van der Waals surface area (Å²) in [6.45, 7) is 0. The summed E-state index contributed by atoms with van der Waals surface area (Å²) in [5, 5.41) is 3.56. The molecule has 4 rings (SSSR count). The number of esters is 1. The largest absolute Gasteiger partial charge is 0.542 e. The van der Waals surface area contributed by atoms with Gasteiger partial charge in [-0.1, -0.05) is 0 Å². The Kier molecular flexibility index (Phi) is 1.34. The zero-order valence-corrected chi connectivity index (χ0v) is 8.11. The summed E-state index contributed by atoms with van der Waals surface area (Å²) in [6.07, 6.45) is 1.92. The van der Waals surface area contributed by atoms with Crippen molar-refractivity contribution in [1.29, 1.82) is 0 Å². The molecule has 0 radical (unpaired) electrons. The van der Waals surface area contributed by atoms with Gasteiger partial charge in [0.05, 0.1) is 17.9 Å². The van der Waals surface area contributed by atoms with E-state index in [1.807, 2.05) is 0 Å². The molecular weight excluding hydrogens is 202 g/mol. The third kappa shape index (κ3) is 0.866. The maximum absolute atomic E-state index is 11.4. The van der Waals surface area contributed by atoms with Crippen molar-refractivity contribution >= 4 is 5.97 Å². The lowest BCUT2D eigenvalue weighted by Gasteiger charge is -2.66.